The van der Waals surface area contributed by atoms with Gasteiger partial charge in [-0.25, -0.2) is 18.4 Å². The lowest BCUT2D eigenvalue weighted by atomic mass is 9.97. The molecule has 0 aromatic heterocycles. The van der Waals surface area contributed by atoms with E-state index in [-0.39, 0.29) is 22.9 Å². The molecule has 0 radical (unpaired) electrons. The number of carbonyl (C=O) groups excluding carboxylic acids is 2. The number of alkyl halides is 2. The third-order valence-corrected chi connectivity index (χ3v) is 10.4. The SMILES string of the molecule is C=C/C=C(\C=C)[S+](c1ccccc1)c1ccccc1.COSC(F)(C(=O)OC1CCCCC1)C(F)C(=O)OC1CCCCC1. The standard InChI is InChI=1S/C18H17S.C17H26F2O5S/c1-3-11-16(4-2)19(17-12-7-5-8-13-17)18-14-9-6-10-15-18;1-22-25-17(19,16(21)24-13-10-6-3-7-11-13)14(18)15(20)23-12-8-4-2-5-9-12/h3-15H,1-2H2;12-14H,2-11H2,1H3/q+1;/b16-11+;. The number of ether oxygens (including phenoxy) is 2. The highest BCUT2D eigenvalue weighted by molar-refractivity contribution is 8.00. The molecule has 0 heterocycles. The molecular formula is C35H43F2O5S2+. The molecule has 9 heteroatoms. The lowest BCUT2D eigenvalue weighted by Gasteiger charge is -2.29. The topological polar surface area (TPSA) is 61.8 Å². The van der Waals surface area contributed by atoms with E-state index in [1.807, 2.05) is 30.4 Å². The second-order valence-corrected chi connectivity index (χ2v) is 13.7. The van der Waals surface area contributed by atoms with Crippen LogP contribution in [0.1, 0.15) is 64.2 Å². The number of carbonyl (C=O) groups is 2. The van der Waals surface area contributed by atoms with Crippen LogP contribution in [0.25, 0.3) is 0 Å². The van der Waals surface area contributed by atoms with Gasteiger partial charge < -0.3 is 13.7 Å². The second kappa shape index (κ2) is 18.8. The van der Waals surface area contributed by atoms with E-state index < -0.39 is 35.3 Å². The van der Waals surface area contributed by atoms with E-state index in [0.29, 0.717) is 25.7 Å². The predicted molar refractivity (Wildman–Crippen MR) is 175 cm³/mol. The van der Waals surface area contributed by atoms with Gasteiger partial charge in [-0.05, 0) is 87.8 Å². The van der Waals surface area contributed by atoms with Crippen LogP contribution in [0.5, 0.6) is 0 Å². The molecule has 0 saturated heterocycles. The zero-order valence-electron chi connectivity index (χ0n) is 25.3. The van der Waals surface area contributed by atoms with Crippen LogP contribution in [0.4, 0.5) is 8.78 Å². The molecule has 2 aliphatic carbocycles. The first-order valence-electron chi connectivity index (χ1n) is 15.1. The summed E-state index contributed by atoms with van der Waals surface area (Å²) in [6.07, 6.45) is 10.2. The van der Waals surface area contributed by atoms with Crippen LogP contribution in [0.3, 0.4) is 0 Å². The van der Waals surface area contributed by atoms with Gasteiger partial charge in [-0.2, -0.15) is 0 Å². The first-order valence-corrected chi connectivity index (χ1v) is 17.1. The third-order valence-electron chi connectivity index (χ3n) is 7.35. The number of rotatable bonds is 12. The number of allylic oxidation sites excluding steroid dienone is 3. The summed E-state index contributed by atoms with van der Waals surface area (Å²) in [7, 11) is 0.986. The summed E-state index contributed by atoms with van der Waals surface area (Å²) in [4.78, 5) is 28.0. The van der Waals surface area contributed by atoms with Crippen molar-refractivity contribution in [3.63, 3.8) is 0 Å². The van der Waals surface area contributed by atoms with Crippen LogP contribution >= 0.6 is 12.0 Å². The molecular weight excluding hydrogens is 603 g/mol. The van der Waals surface area contributed by atoms with Gasteiger partial charge in [-0.15, -0.1) is 0 Å². The Morgan fingerprint density at radius 3 is 1.77 bits per heavy atom. The van der Waals surface area contributed by atoms with Crippen LogP contribution in [0.15, 0.2) is 107 Å². The second-order valence-electron chi connectivity index (χ2n) is 10.6. The molecule has 0 amide bonds. The first-order chi connectivity index (χ1) is 21.3. The number of benzene rings is 2. The van der Waals surface area contributed by atoms with E-state index in [1.54, 1.807) is 0 Å². The summed E-state index contributed by atoms with van der Waals surface area (Å²) in [5.74, 6) is -2.79. The summed E-state index contributed by atoms with van der Waals surface area (Å²) in [6.45, 7) is 7.74. The summed E-state index contributed by atoms with van der Waals surface area (Å²) in [5.41, 5.74) is 0. The minimum Gasteiger partial charge on any atom is -0.460 e. The van der Waals surface area contributed by atoms with Crippen LogP contribution < -0.4 is 0 Å². The Kier molecular flexibility index (Phi) is 15.2. The quantitative estimate of drug-likeness (QED) is 0.0994. The first kappa shape index (κ1) is 35.6. The van der Waals surface area contributed by atoms with E-state index in [2.05, 4.69) is 65.9 Å². The minimum absolute atomic E-state index is 0.0432. The largest absolute Gasteiger partial charge is 0.460 e. The normalized spacial score (nSPS) is 18.2. The molecule has 2 aromatic rings. The summed E-state index contributed by atoms with van der Waals surface area (Å²) in [6, 6.07) is 21.0. The van der Waals surface area contributed by atoms with Gasteiger partial charge in [0.05, 0.1) is 18.0 Å². The number of hydrogen-bond acceptors (Lipinski definition) is 6. The number of hydrogen-bond donors (Lipinski definition) is 0. The zero-order chi connectivity index (χ0) is 31.8. The Balaban J connectivity index is 0.000000249. The minimum atomic E-state index is -3.27. The smallest absolute Gasteiger partial charge is 0.361 e. The van der Waals surface area contributed by atoms with Crippen molar-refractivity contribution >= 4 is 34.9 Å². The number of halogens is 2. The Morgan fingerprint density at radius 2 is 1.34 bits per heavy atom. The van der Waals surface area contributed by atoms with Crippen molar-refractivity contribution in [2.45, 2.75) is 97.4 Å². The molecule has 0 spiro atoms. The van der Waals surface area contributed by atoms with Gasteiger partial charge in [0, 0.05) is 12.0 Å². The zero-order valence-corrected chi connectivity index (χ0v) is 27.0. The number of esters is 2. The highest BCUT2D eigenvalue weighted by Gasteiger charge is 2.56. The molecule has 4 rings (SSSR count). The molecule has 44 heavy (non-hydrogen) atoms. The van der Waals surface area contributed by atoms with Crippen molar-refractivity contribution in [2.75, 3.05) is 7.11 Å². The lowest BCUT2D eigenvalue weighted by molar-refractivity contribution is -0.173. The van der Waals surface area contributed by atoms with Crippen molar-refractivity contribution in [1.82, 2.24) is 0 Å². The average Bonchev–Trinajstić information content (AvgIpc) is 3.06. The molecule has 2 saturated carbocycles. The maximum Gasteiger partial charge on any atom is 0.361 e. The molecule has 2 unspecified atom stereocenters. The fourth-order valence-electron chi connectivity index (χ4n) is 5.13. The summed E-state index contributed by atoms with van der Waals surface area (Å²) < 4.78 is 44.3. The van der Waals surface area contributed by atoms with Crippen molar-refractivity contribution in [3.05, 3.63) is 97.0 Å². The van der Waals surface area contributed by atoms with E-state index >= 15 is 4.39 Å². The van der Waals surface area contributed by atoms with Crippen LogP contribution in [-0.4, -0.2) is 42.4 Å². The molecule has 2 fully saturated rings. The molecule has 2 atom stereocenters. The molecule has 2 aliphatic rings. The van der Waals surface area contributed by atoms with Gasteiger partial charge >= 0.3 is 16.9 Å². The highest BCUT2D eigenvalue weighted by atomic mass is 32.2. The van der Waals surface area contributed by atoms with Gasteiger partial charge in [0.2, 0.25) is 0 Å². The maximum absolute atomic E-state index is 15.0. The van der Waals surface area contributed by atoms with Crippen LogP contribution in [0.2, 0.25) is 0 Å². The van der Waals surface area contributed by atoms with Crippen molar-refractivity contribution in [2.24, 2.45) is 0 Å². The Bertz CT molecular complexity index is 1170. The molecule has 2 aromatic carbocycles. The van der Waals surface area contributed by atoms with E-state index in [4.69, 9.17) is 9.47 Å². The molecule has 5 nitrogen and oxygen atoms in total. The Labute approximate surface area is 267 Å². The fourth-order valence-corrected chi connectivity index (χ4v) is 7.74. The highest BCUT2D eigenvalue weighted by Crippen LogP contribution is 2.37. The summed E-state index contributed by atoms with van der Waals surface area (Å²) in [5, 5.41) is -3.27. The fraction of sp³-hybridized carbons (Fsp3) is 0.429. The monoisotopic (exact) mass is 645 g/mol. The van der Waals surface area contributed by atoms with E-state index in [1.165, 1.54) is 14.7 Å². The average molecular weight is 646 g/mol. The molecule has 0 bridgehead atoms. The van der Waals surface area contributed by atoms with Crippen molar-refractivity contribution in [3.8, 4) is 0 Å². The van der Waals surface area contributed by atoms with Gasteiger partial charge in [-0.3, -0.25) is 0 Å². The van der Waals surface area contributed by atoms with Crippen LogP contribution in [0, 0.1) is 0 Å². The Hall–Kier alpha value is -2.88. The molecule has 0 aliphatic heterocycles. The van der Waals surface area contributed by atoms with E-state index in [0.717, 1.165) is 45.6 Å². The maximum atomic E-state index is 15.0. The van der Waals surface area contributed by atoms with Gasteiger partial charge in [0.25, 0.3) is 6.17 Å². The van der Waals surface area contributed by atoms with Gasteiger partial charge in [0.15, 0.2) is 14.7 Å². The molecule has 0 N–H and O–H groups in total. The predicted octanol–water partition coefficient (Wildman–Crippen LogP) is 9.02. The lowest BCUT2D eigenvalue weighted by Crippen LogP contribution is -2.48. The third kappa shape index (κ3) is 10.3. The van der Waals surface area contributed by atoms with E-state index in [9.17, 15) is 14.0 Å². The Morgan fingerprint density at radius 1 is 0.864 bits per heavy atom. The summed E-state index contributed by atoms with van der Waals surface area (Å²) >= 11 is -0.0432. The van der Waals surface area contributed by atoms with Gasteiger partial charge in [0.1, 0.15) is 12.2 Å². The molecule has 238 valence electrons. The van der Waals surface area contributed by atoms with Crippen molar-refractivity contribution in [1.29, 1.82) is 0 Å². The van der Waals surface area contributed by atoms with Crippen LogP contribution in [-0.2, 0) is 34.1 Å². The van der Waals surface area contributed by atoms with Gasteiger partial charge in [-0.1, -0.05) is 68.5 Å². The van der Waals surface area contributed by atoms with Crippen molar-refractivity contribution < 1.29 is 32.0 Å².